The van der Waals surface area contributed by atoms with Crippen molar-refractivity contribution in [3.8, 4) is 22.6 Å². The Labute approximate surface area is 264 Å². The van der Waals surface area contributed by atoms with Gasteiger partial charge in [0, 0.05) is 67.2 Å². The molecule has 1 saturated heterocycles. The second-order valence-electron chi connectivity index (χ2n) is 11.1. The number of likely N-dealkylation sites (N-methyl/N-ethyl adjacent to an activating group) is 1. The van der Waals surface area contributed by atoms with Gasteiger partial charge in [-0.3, -0.25) is 15.0 Å². The fourth-order valence-electron chi connectivity index (χ4n) is 5.63. The van der Waals surface area contributed by atoms with Crippen molar-refractivity contribution in [2.45, 2.75) is 6.54 Å². The summed E-state index contributed by atoms with van der Waals surface area (Å²) in [6, 6.07) is 19.0. The van der Waals surface area contributed by atoms with Gasteiger partial charge >= 0.3 is 0 Å². The third kappa shape index (κ3) is 6.06. The van der Waals surface area contributed by atoms with Gasteiger partial charge < -0.3 is 39.1 Å². The van der Waals surface area contributed by atoms with Crippen LogP contribution in [0.15, 0.2) is 60.7 Å². The molecule has 1 aliphatic rings. The summed E-state index contributed by atoms with van der Waals surface area (Å²) >= 11 is 5.51. The topological polar surface area (TPSA) is 131 Å². The van der Waals surface area contributed by atoms with E-state index in [9.17, 15) is 9.59 Å². The number of ether oxygens (including phenoxy) is 2. The number of amides is 2. The van der Waals surface area contributed by atoms with Crippen molar-refractivity contribution in [1.29, 1.82) is 5.41 Å². The Hall–Kier alpha value is -4.94. The lowest BCUT2D eigenvalue weighted by atomic mass is 10.0. The predicted molar refractivity (Wildman–Crippen MR) is 176 cm³/mol. The zero-order valence-electron chi connectivity index (χ0n) is 25.4. The molecule has 2 aromatic heterocycles. The van der Waals surface area contributed by atoms with Crippen LogP contribution in [0.1, 0.15) is 20.8 Å². The van der Waals surface area contributed by atoms with Gasteiger partial charge in [-0.2, -0.15) is 0 Å². The molecule has 45 heavy (non-hydrogen) atoms. The first-order chi connectivity index (χ1) is 21.7. The maximum absolute atomic E-state index is 13.0. The van der Waals surface area contributed by atoms with E-state index in [1.54, 1.807) is 30.9 Å². The normalized spacial score (nSPS) is 13.7. The summed E-state index contributed by atoms with van der Waals surface area (Å²) in [5, 5.41) is 13.2. The smallest absolute Gasteiger partial charge is 0.267 e. The second-order valence-corrected chi connectivity index (χ2v) is 11.5. The van der Waals surface area contributed by atoms with Crippen LogP contribution in [0.4, 0.5) is 0 Å². The number of aromatic amines is 2. The van der Waals surface area contributed by atoms with E-state index in [0.717, 1.165) is 48.2 Å². The van der Waals surface area contributed by atoms with Crippen molar-refractivity contribution >= 4 is 45.8 Å². The molecule has 1 aliphatic heterocycles. The van der Waals surface area contributed by atoms with Gasteiger partial charge in [0.05, 0.1) is 19.7 Å². The standard InChI is InChI=1S/C33H35N7O4S/c1-38-12-14-39(15-13-38)32(42)21-6-4-20(5-7-21)22-8-9-25-23(16-22)17-27(36-25)31(41)35-10-11-40-30(34)24-18-28(43-2)29(44-3)19-26(24)37-33(40)45/h4-9,16-19,34,36H,10-15H2,1-3H3,(H,35,41)(H,37,45). The van der Waals surface area contributed by atoms with E-state index >= 15 is 0 Å². The molecule has 232 valence electrons. The van der Waals surface area contributed by atoms with E-state index < -0.39 is 0 Å². The molecule has 2 amide bonds. The molecule has 1 fully saturated rings. The minimum absolute atomic E-state index is 0.0623. The molecular weight excluding hydrogens is 590 g/mol. The van der Waals surface area contributed by atoms with Crippen molar-refractivity contribution in [3.05, 3.63) is 82.2 Å². The maximum atomic E-state index is 13.0. The number of carbonyl (C=O) groups excluding carboxylic acids is 2. The molecule has 12 heteroatoms. The molecule has 3 heterocycles. The fraction of sp³-hybridized carbons (Fsp3) is 0.273. The zero-order chi connectivity index (χ0) is 31.7. The van der Waals surface area contributed by atoms with Crippen LogP contribution in [0.5, 0.6) is 11.5 Å². The number of benzene rings is 3. The molecule has 0 spiro atoms. The van der Waals surface area contributed by atoms with Crippen molar-refractivity contribution in [3.63, 3.8) is 0 Å². The van der Waals surface area contributed by atoms with Crippen molar-refractivity contribution in [2.24, 2.45) is 0 Å². The summed E-state index contributed by atoms with van der Waals surface area (Å²) in [5.74, 6) is 0.858. The van der Waals surface area contributed by atoms with Gasteiger partial charge in [0.2, 0.25) is 0 Å². The number of methoxy groups -OCH3 is 2. The lowest BCUT2D eigenvalue weighted by Gasteiger charge is -2.32. The van der Waals surface area contributed by atoms with Crippen molar-refractivity contribution < 1.29 is 19.1 Å². The minimum atomic E-state index is -0.256. The van der Waals surface area contributed by atoms with Crippen molar-refractivity contribution in [2.75, 3.05) is 54.0 Å². The first-order valence-electron chi connectivity index (χ1n) is 14.7. The molecule has 6 rings (SSSR count). The Morgan fingerprint density at radius 3 is 2.29 bits per heavy atom. The number of hydrogen-bond acceptors (Lipinski definition) is 7. The maximum Gasteiger partial charge on any atom is 0.267 e. The summed E-state index contributed by atoms with van der Waals surface area (Å²) in [6.45, 7) is 3.83. The van der Waals surface area contributed by atoms with Crippen LogP contribution in [0.2, 0.25) is 0 Å². The monoisotopic (exact) mass is 625 g/mol. The largest absolute Gasteiger partial charge is 0.493 e. The van der Waals surface area contributed by atoms with Gasteiger partial charge in [-0.15, -0.1) is 0 Å². The van der Waals surface area contributed by atoms with Crippen LogP contribution < -0.4 is 20.3 Å². The van der Waals surface area contributed by atoms with E-state index in [2.05, 4.69) is 27.2 Å². The number of nitrogens with zero attached hydrogens (tertiary/aromatic N) is 3. The summed E-state index contributed by atoms with van der Waals surface area (Å²) in [5.41, 5.74) is 4.82. The number of aromatic nitrogens is 3. The first kappa shape index (κ1) is 30.1. The van der Waals surface area contributed by atoms with Crippen LogP contribution in [0.3, 0.4) is 0 Å². The molecule has 5 aromatic rings. The van der Waals surface area contributed by atoms with Gasteiger partial charge in [-0.25, -0.2) is 0 Å². The second kappa shape index (κ2) is 12.6. The van der Waals surface area contributed by atoms with Gasteiger partial charge in [0.1, 0.15) is 11.2 Å². The van der Waals surface area contributed by atoms with Gasteiger partial charge in [0.15, 0.2) is 16.3 Å². The molecule has 0 saturated carbocycles. The highest BCUT2D eigenvalue weighted by Crippen LogP contribution is 2.30. The molecule has 3 aromatic carbocycles. The lowest BCUT2D eigenvalue weighted by Crippen LogP contribution is -2.47. The number of piperazine rings is 1. The third-order valence-corrected chi connectivity index (χ3v) is 8.60. The SMILES string of the molecule is COc1cc2[nH]c(=S)n(CCNC(=O)c3cc4cc(-c5ccc(C(=O)N6CCN(C)CC6)cc5)ccc4[nH]3)c(=N)c2cc1OC. The number of nitrogens with one attached hydrogen (secondary N) is 4. The summed E-state index contributed by atoms with van der Waals surface area (Å²) in [4.78, 5) is 36.4. The Bertz CT molecular complexity index is 2020. The average molecular weight is 626 g/mol. The van der Waals surface area contributed by atoms with Gasteiger partial charge in [-0.1, -0.05) is 18.2 Å². The van der Waals surface area contributed by atoms with Gasteiger partial charge in [-0.05, 0) is 66.8 Å². The molecular formula is C33H35N7O4S. The number of H-pyrrole nitrogens is 2. The van der Waals surface area contributed by atoms with Crippen LogP contribution in [0, 0.1) is 10.2 Å². The molecule has 0 bridgehead atoms. The van der Waals surface area contributed by atoms with Crippen molar-refractivity contribution in [1.82, 2.24) is 29.7 Å². The number of rotatable bonds is 8. The van der Waals surface area contributed by atoms with Crippen LogP contribution in [-0.4, -0.2) is 90.1 Å². The predicted octanol–water partition coefficient (Wildman–Crippen LogP) is 4.16. The summed E-state index contributed by atoms with van der Waals surface area (Å²) in [6.07, 6.45) is 0. The Kier molecular flexibility index (Phi) is 8.42. The summed E-state index contributed by atoms with van der Waals surface area (Å²) < 4.78 is 12.7. The highest BCUT2D eigenvalue weighted by Gasteiger charge is 2.20. The highest BCUT2D eigenvalue weighted by atomic mass is 32.1. The number of fused-ring (bicyclic) bond motifs is 2. The summed E-state index contributed by atoms with van der Waals surface area (Å²) in [7, 11) is 5.17. The van der Waals surface area contributed by atoms with Crippen LogP contribution >= 0.6 is 12.2 Å². The third-order valence-electron chi connectivity index (χ3n) is 8.28. The lowest BCUT2D eigenvalue weighted by molar-refractivity contribution is 0.0664. The molecule has 0 aliphatic carbocycles. The Balaban J connectivity index is 1.12. The fourth-order valence-corrected chi connectivity index (χ4v) is 5.92. The quantitative estimate of drug-likeness (QED) is 0.192. The number of carbonyl (C=O) groups is 2. The van der Waals surface area contributed by atoms with E-state index in [1.165, 1.54) is 0 Å². The van der Waals surface area contributed by atoms with Crippen LogP contribution in [0.25, 0.3) is 32.9 Å². The molecule has 11 nitrogen and oxygen atoms in total. The Morgan fingerprint density at radius 1 is 0.889 bits per heavy atom. The van der Waals surface area contributed by atoms with E-state index in [0.29, 0.717) is 45.0 Å². The molecule has 0 unspecified atom stereocenters. The average Bonchev–Trinajstić information content (AvgIpc) is 3.49. The molecule has 0 radical (unpaired) electrons. The minimum Gasteiger partial charge on any atom is -0.493 e. The van der Waals surface area contributed by atoms with E-state index in [-0.39, 0.29) is 23.8 Å². The first-order valence-corrected chi connectivity index (χ1v) is 15.1. The molecule has 0 atom stereocenters. The van der Waals surface area contributed by atoms with Crippen LogP contribution in [-0.2, 0) is 6.54 Å². The molecule has 4 N–H and O–H groups in total. The van der Waals surface area contributed by atoms with E-state index in [4.69, 9.17) is 27.1 Å². The zero-order valence-corrected chi connectivity index (χ0v) is 26.2. The highest BCUT2D eigenvalue weighted by molar-refractivity contribution is 7.71. The van der Waals surface area contributed by atoms with Gasteiger partial charge in [0.25, 0.3) is 11.8 Å². The Morgan fingerprint density at radius 2 is 1.58 bits per heavy atom. The van der Waals surface area contributed by atoms with E-state index in [1.807, 2.05) is 53.4 Å². The number of hydrogen-bond donors (Lipinski definition) is 4.